The van der Waals surface area contributed by atoms with E-state index in [1.807, 2.05) is 0 Å². The first-order chi connectivity index (χ1) is 33.4. The Morgan fingerprint density at radius 1 is 0.464 bits per heavy atom. The first kappa shape index (κ1) is 44.1. The van der Waals surface area contributed by atoms with Gasteiger partial charge in [0.2, 0.25) is 0 Å². The van der Waals surface area contributed by atoms with E-state index in [2.05, 4.69) is 278 Å². The summed E-state index contributed by atoms with van der Waals surface area (Å²) in [7, 11) is 0. The molecule has 0 spiro atoms. The van der Waals surface area contributed by atoms with Gasteiger partial charge in [0, 0.05) is 22.5 Å². The van der Waals surface area contributed by atoms with Crippen molar-refractivity contribution in [2.75, 3.05) is 4.90 Å². The molecule has 0 radical (unpaired) electrons. The maximum Gasteiger partial charge on any atom is 0.0714 e. The van der Waals surface area contributed by atoms with Gasteiger partial charge in [-0.15, -0.1) is 0 Å². The number of benzene rings is 9. The highest BCUT2D eigenvalue weighted by atomic mass is 15.2. The van der Waals surface area contributed by atoms with Gasteiger partial charge in [0.1, 0.15) is 0 Å². The Morgan fingerprint density at radius 3 is 1.61 bits per heavy atom. The zero-order valence-corrected chi connectivity index (χ0v) is 41.1. The number of rotatable bonds is 8. The predicted octanol–water partition coefficient (Wildman–Crippen LogP) is 18.3. The highest BCUT2D eigenvalue weighted by Gasteiger charge is 2.47. The Balaban J connectivity index is 1.18. The summed E-state index contributed by atoms with van der Waals surface area (Å²) in [6.45, 7) is 16.4. The summed E-state index contributed by atoms with van der Waals surface area (Å²) < 4.78 is 0. The van der Waals surface area contributed by atoms with Gasteiger partial charge in [-0.25, -0.2) is 0 Å². The normalized spacial score (nSPS) is 15.3. The Morgan fingerprint density at radius 2 is 0.986 bits per heavy atom. The molecule has 0 fully saturated rings. The quantitative estimate of drug-likeness (QED) is 0.147. The Bertz CT molecular complexity index is 3340. The van der Waals surface area contributed by atoms with Crippen molar-refractivity contribution in [3.05, 3.63) is 269 Å². The van der Waals surface area contributed by atoms with Crippen LogP contribution in [-0.2, 0) is 16.2 Å². The van der Waals surface area contributed by atoms with Crippen molar-refractivity contribution in [2.24, 2.45) is 5.92 Å². The van der Waals surface area contributed by atoms with E-state index in [0.29, 0.717) is 5.92 Å². The molecule has 1 nitrogen and oxygen atoms in total. The fourth-order valence-corrected chi connectivity index (χ4v) is 11.2. The van der Waals surface area contributed by atoms with Gasteiger partial charge in [-0.05, 0) is 119 Å². The summed E-state index contributed by atoms with van der Waals surface area (Å²) in [5, 5.41) is 2.53. The molecule has 1 unspecified atom stereocenters. The lowest BCUT2D eigenvalue weighted by atomic mass is 9.68. The second-order valence-corrected chi connectivity index (χ2v) is 21.4. The summed E-state index contributed by atoms with van der Waals surface area (Å²) in [4.78, 5) is 2.59. The molecule has 1 atom stereocenters. The smallest absolute Gasteiger partial charge is 0.0714 e. The van der Waals surface area contributed by atoms with Crippen molar-refractivity contribution in [3.63, 3.8) is 0 Å². The largest absolute Gasteiger partial charge is 0.310 e. The summed E-state index contributed by atoms with van der Waals surface area (Å²) in [5.41, 5.74) is 20.7. The third kappa shape index (κ3) is 7.66. The molecule has 1 heteroatoms. The van der Waals surface area contributed by atoms with E-state index < -0.39 is 5.41 Å². The number of hydrogen-bond donors (Lipinski definition) is 0. The van der Waals surface area contributed by atoms with E-state index >= 15 is 0 Å². The van der Waals surface area contributed by atoms with Gasteiger partial charge in [0.25, 0.3) is 0 Å². The van der Waals surface area contributed by atoms with Crippen LogP contribution < -0.4 is 4.90 Å². The monoisotopic (exact) mass is 891 g/mol. The summed E-state index contributed by atoms with van der Waals surface area (Å²) in [6.07, 6.45) is 6.02. The molecule has 2 aliphatic rings. The first-order valence-electron chi connectivity index (χ1n) is 24.8. The number of nitrogens with zero attached hydrogens (tertiary/aromatic N) is 1. The van der Waals surface area contributed by atoms with Crippen LogP contribution in [0.15, 0.2) is 230 Å². The number of hydrogen-bond acceptors (Lipinski definition) is 1. The van der Waals surface area contributed by atoms with Gasteiger partial charge >= 0.3 is 0 Å². The lowest BCUT2D eigenvalue weighted by Crippen LogP contribution is -2.28. The van der Waals surface area contributed by atoms with Crippen molar-refractivity contribution < 1.29 is 0 Å². The molecule has 11 rings (SSSR count). The van der Waals surface area contributed by atoms with E-state index in [1.54, 1.807) is 0 Å². The second kappa shape index (κ2) is 17.2. The molecule has 0 aromatic heterocycles. The zero-order chi connectivity index (χ0) is 47.5. The summed E-state index contributed by atoms with van der Waals surface area (Å²) in [5.74, 6) is 0.318. The molecule has 0 bridgehead atoms. The Hall–Kier alpha value is -7.48. The van der Waals surface area contributed by atoms with Crippen LogP contribution in [0.4, 0.5) is 11.4 Å². The van der Waals surface area contributed by atoms with Crippen LogP contribution in [0.2, 0.25) is 0 Å². The van der Waals surface area contributed by atoms with Crippen LogP contribution in [-0.4, -0.2) is 0 Å². The van der Waals surface area contributed by atoms with Gasteiger partial charge in [-0.3, -0.25) is 0 Å². The minimum atomic E-state index is -0.530. The lowest BCUT2D eigenvalue weighted by Gasteiger charge is -2.36. The van der Waals surface area contributed by atoms with E-state index in [-0.39, 0.29) is 10.8 Å². The molecule has 9 aromatic rings. The average Bonchev–Trinajstić information content (AvgIpc) is 3.68. The van der Waals surface area contributed by atoms with Crippen LogP contribution in [0.1, 0.15) is 93.8 Å². The lowest BCUT2D eigenvalue weighted by molar-refractivity contribution is 0.569. The van der Waals surface area contributed by atoms with E-state index in [1.165, 1.54) is 100 Å². The summed E-state index contributed by atoms with van der Waals surface area (Å²) in [6, 6.07) is 79.7. The topological polar surface area (TPSA) is 3.24 Å². The fourth-order valence-electron chi connectivity index (χ4n) is 11.2. The molecule has 0 aliphatic heterocycles. The maximum atomic E-state index is 2.59. The van der Waals surface area contributed by atoms with Crippen LogP contribution in [0, 0.1) is 5.92 Å². The minimum absolute atomic E-state index is 0.00883. The molecule has 0 amide bonds. The molecule has 9 aromatic carbocycles. The van der Waals surface area contributed by atoms with Gasteiger partial charge in [-0.1, -0.05) is 255 Å². The molecule has 338 valence electrons. The highest BCUT2D eigenvalue weighted by molar-refractivity contribution is 6.08. The van der Waals surface area contributed by atoms with Gasteiger partial charge in [0.05, 0.1) is 11.1 Å². The van der Waals surface area contributed by atoms with Crippen LogP contribution in [0.5, 0.6) is 0 Å². The van der Waals surface area contributed by atoms with Crippen molar-refractivity contribution in [3.8, 4) is 33.4 Å². The van der Waals surface area contributed by atoms with Crippen molar-refractivity contribution in [2.45, 2.75) is 71.1 Å². The van der Waals surface area contributed by atoms with Crippen molar-refractivity contribution in [1.82, 2.24) is 0 Å². The third-order valence-corrected chi connectivity index (χ3v) is 14.8. The number of fused-ring (bicyclic) bond motifs is 4. The predicted molar refractivity (Wildman–Crippen MR) is 294 cm³/mol. The van der Waals surface area contributed by atoms with Gasteiger partial charge < -0.3 is 4.90 Å². The van der Waals surface area contributed by atoms with Crippen molar-refractivity contribution >= 4 is 27.7 Å². The average molecular weight is 892 g/mol. The molecule has 69 heavy (non-hydrogen) atoms. The Kier molecular flexibility index (Phi) is 11.0. The molecular weight excluding hydrogens is 831 g/mol. The van der Waals surface area contributed by atoms with E-state index in [4.69, 9.17) is 0 Å². The van der Waals surface area contributed by atoms with Crippen molar-refractivity contribution in [1.29, 1.82) is 0 Å². The third-order valence-electron chi connectivity index (χ3n) is 14.8. The molecule has 0 saturated carbocycles. The van der Waals surface area contributed by atoms with Crippen LogP contribution >= 0.6 is 0 Å². The van der Waals surface area contributed by atoms with Crippen LogP contribution in [0.25, 0.3) is 49.7 Å². The zero-order valence-electron chi connectivity index (χ0n) is 41.1. The van der Waals surface area contributed by atoms with Gasteiger partial charge in [-0.2, -0.15) is 0 Å². The van der Waals surface area contributed by atoms with E-state index in [9.17, 15) is 0 Å². The van der Waals surface area contributed by atoms with E-state index in [0.717, 1.165) is 12.1 Å². The molecule has 0 N–H and O–H groups in total. The fraction of sp³-hybridized carbons (Fsp3) is 0.176. The molecular formula is C68H61N. The SMILES string of the molecule is CC1C=C(N(c2ccc(-c3ccccc3)cc2)c2cccc3c2-c2ccccc2C3(c2ccccc2)c2ccccc2)C(c2cccc3cccc(-c4cc(C(C)(C)C)cc(C(C)(C)C)c4)c23)=CC1. The number of allylic oxidation sites excluding steroid dienone is 3. The minimum Gasteiger partial charge on any atom is -0.310 e. The number of anilines is 2. The second-order valence-electron chi connectivity index (χ2n) is 21.4. The summed E-state index contributed by atoms with van der Waals surface area (Å²) >= 11 is 0. The van der Waals surface area contributed by atoms with Crippen LogP contribution in [0.3, 0.4) is 0 Å². The highest BCUT2D eigenvalue weighted by Crippen LogP contribution is 2.60. The first-order valence-corrected chi connectivity index (χ1v) is 24.8. The molecule has 2 aliphatic carbocycles. The van der Waals surface area contributed by atoms with Gasteiger partial charge in [0.15, 0.2) is 0 Å². The Labute approximate surface area is 410 Å². The molecule has 0 heterocycles. The maximum absolute atomic E-state index is 2.59. The molecule has 0 saturated heterocycles. The standard InChI is InChI=1S/C68H61N/c1-46-36-41-57(58-32-20-25-49-24-19-31-56(64(49)58)50-43-53(66(2,3)4)45-54(44-50)67(5,6)7)63(42-46)69(55-39-37-48(38-40-55)47-22-11-8-12-23-47)62-35-21-34-61-65(62)59-30-17-18-33-60(59)68(61,51-26-13-9-14-27-51)52-28-15-10-16-29-52/h8-35,37-46H,36H2,1-7H3.